The number of nitrogens with one attached hydrogen (secondary N) is 1. The van der Waals surface area contributed by atoms with E-state index in [0.29, 0.717) is 12.8 Å². The van der Waals surface area contributed by atoms with Crippen molar-refractivity contribution in [3.05, 3.63) is 71.0 Å². The summed E-state index contributed by atoms with van der Waals surface area (Å²) < 4.78 is 5.39. The molecule has 0 atom stereocenters. The lowest BCUT2D eigenvalue weighted by atomic mass is 9.74. The fourth-order valence-corrected chi connectivity index (χ4v) is 4.61. The van der Waals surface area contributed by atoms with E-state index in [1.165, 1.54) is 0 Å². The summed E-state index contributed by atoms with van der Waals surface area (Å²) in [5.74, 6) is 1.04. The first-order chi connectivity index (χ1) is 13.9. The van der Waals surface area contributed by atoms with Crippen LogP contribution in [0.15, 0.2) is 48.5 Å². The van der Waals surface area contributed by atoms with Crippen LogP contribution in [0.5, 0.6) is 5.75 Å². The van der Waals surface area contributed by atoms with Gasteiger partial charge in [0.05, 0.1) is 24.0 Å². The van der Waals surface area contributed by atoms with Crippen LogP contribution in [0.4, 0.5) is 0 Å². The van der Waals surface area contributed by atoms with E-state index < -0.39 is 0 Å². The molecule has 0 fully saturated rings. The zero-order valence-electron chi connectivity index (χ0n) is 17.0. The lowest BCUT2D eigenvalue weighted by Gasteiger charge is -2.30. The standard InChI is InChI=1S/C25H24N2O2/c1-25(2)13-20-23(21(28)14-25)22-17-9-4-5-10-18(17)27-24(22)19(26-20)12-15-7-6-8-16(11-15)29-3/h4-11,27H,12-14H2,1-3H3. The molecule has 29 heavy (non-hydrogen) atoms. The third-order valence-corrected chi connectivity index (χ3v) is 5.87. The minimum Gasteiger partial charge on any atom is -0.497 e. The van der Waals surface area contributed by atoms with E-state index in [9.17, 15) is 4.79 Å². The Hall–Kier alpha value is -3.14. The van der Waals surface area contributed by atoms with Crippen LogP contribution in [0.25, 0.3) is 21.8 Å². The molecule has 146 valence electrons. The van der Waals surface area contributed by atoms with Gasteiger partial charge in [0.25, 0.3) is 0 Å². The van der Waals surface area contributed by atoms with Gasteiger partial charge in [0.2, 0.25) is 0 Å². The Morgan fingerprint density at radius 2 is 1.93 bits per heavy atom. The van der Waals surface area contributed by atoms with Crippen molar-refractivity contribution in [1.82, 2.24) is 9.97 Å². The molecule has 0 saturated heterocycles. The van der Waals surface area contributed by atoms with Crippen molar-refractivity contribution in [1.29, 1.82) is 0 Å². The van der Waals surface area contributed by atoms with E-state index in [1.54, 1.807) is 7.11 Å². The van der Waals surface area contributed by atoms with Gasteiger partial charge >= 0.3 is 0 Å². The van der Waals surface area contributed by atoms with Crippen molar-refractivity contribution < 1.29 is 9.53 Å². The van der Waals surface area contributed by atoms with Crippen molar-refractivity contribution >= 4 is 27.6 Å². The minimum atomic E-state index is -0.0654. The van der Waals surface area contributed by atoms with Crippen molar-refractivity contribution in [2.45, 2.75) is 33.1 Å². The monoisotopic (exact) mass is 384 g/mol. The molecule has 2 aromatic carbocycles. The van der Waals surface area contributed by atoms with Crippen LogP contribution in [0, 0.1) is 5.41 Å². The third-order valence-electron chi connectivity index (χ3n) is 5.87. The van der Waals surface area contributed by atoms with Gasteiger partial charge in [-0.2, -0.15) is 0 Å². The van der Waals surface area contributed by atoms with Crippen molar-refractivity contribution in [2.75, 3.05) is 7.11 Å². The number of para-hydroxylation sites is 1. The van der Waals surface area contributed by atoms with E-state index in [4.69, 9.17) is 9.72 Å². The second-order valence-corrected chi connectivity index (χ2v) is 8.77. The van der Waals surface area contributed by atoms with Crippen LogP contribution in [-0.2, 0) is 12.8 Å². The number of nitrogens with zero attached hydrogens (tertiary/aromatic N) is 1. The topological polar surface area (TPSA) is 55.0 Å². The fourth-order valence-electron chi connectivity index (χ4n) is 4.61. The number of benzene rings is 2. The first-order valence-corrected chi connectivity index (χ1v) is 10.0. The number of ether oxygens (including phenoxy) is 1. The number of hydrogen-bond acceptors (Lipinski definition) is 3. The Morgan fingerprint density at radius 3 is 2.76 bits per heavy atom. The Labute approximate surface area is 169 Å². The number of methoxy groups -OCH3 is 1. The van der Waals surface area contributed by atoms with Crippen LogP contribution >= 0.6 is 0 Å². The Morgan fingerprint density at radius 1 is 1.10 bits per heavy atom. The molecule has 4 heteroatoms. The molecule has 0 unspecified atom stereocenters. The first kappa shape index (κ1) is 17.9. The first-order valence-electron chi connectivity index (χ1n) is 10.0. The fraction of sp³-hybridized carbons (Fsp3) is 0.280. The lowest BCUT2D eigenvalue weighted by Crippen LogP contribution is -2.28. The molecule has 0 aliphatic heterocycles. The predicted octanol–water partition coefficient (Wildman–Crippen LogP) is 5.47. The van der Waals surface area contributed by atoms with Gasteiger partial charge < -0.3 is 9.72 Å². The molecule has 0 amide bonds. The van der Waals surface area contributed by atoms with Gasteiger partial charge in [-0.25, -0.2) is 0 Å². The Balaban J connectivity index is 1.78. The number of H-pyrrole nitrogens is 1. The summed E-state index contributed by atoms with van der Waals surface area (Å²) in [6.45, 7) is 4.30. The number of pyridine rings is 1. The normalized spacial score (nSPS) is 15.6. The lowest BCUT2D eigenvalue weighted by molar-refractivity contribution is 0.0912. The summed E-state index contributed by atoms with van der Waals surface area (Å²) >= 11 is 0. The summed E-state index contributed by atoms with van der Waals surface area (Å²) in [7, 11) is 1.68. The molecule has 5 rings (SSSR count). The van der Waals surface area contributed by atoms with Gasteiger partial charge in [-0.3, -0.25) is 9.78 Å². The largest absolute Gasteiger partial charge is 0.497 e. The zero-order valence-corrected chi connectivity index (χ0v) is 17.0. The van der Waals surface area contributed by atoms with E-state index >= 15 is 0 Å². The summed E-state index contributed by atoms with van der Waals surface area (Å²) in [4.78, 5) is 21.7. The van der Waals surface area contributed by atoms with E-state index in [1.807, 2.05) is 30.3 Å². The minimum absolute atomic E-state index is 0.0654. The second-order valence-electron chi connectivity index (χ2n) is 8.77. The maximum atomic E-state index is 13.1. The molecule has 1 aliphatic carbocycles. The summed E-state index contributed by atoms with van der Waals surface area (Å²) in [6.07, 6.45) is 2.06. The molecule has 2 heterocycles. The molecular formula is C25H24N2O2. The van der Waals surface area contributed by atoms with E-state index in [2.05, 4.69) is 37.0 Å². The van der Waals surface area contributed by atoms with Crippen molar-refractivity contribution in [3.8, 4) is 5.75 Å². The molecule has 0 saturated carbocycles. The number of rotatable bonds is 3. The summed E-state index contributed by atoms with van der Waals surface area (Å²) in [5.41, 5.74) is 5.81. The van der Waals surface area contributed by atoms with Gasteiger partial charge in [-0.1, -0.05) is 44.2 Å². The van der Waals surface area contributed by atoms with Gasteiger partial charge in [0.1, 0.15) is 5.75 Å². The summed E-state index contributed by atoms with van der Waals surface area (Å²) in [5, 5.41) is 2.13. The summed E-state index contributed by atoms with van der Waals surface area (Å²) in [6, 6.07) is 16.3. The highest BCUT2D eigenvalue weighted by atomic mass is 16.5. The van der Waals surface area contributed by atoms with Crippen molar-refractivity contribution in [2.24, 2.45) is 5.41 Å². The third kappa shape index (κ3) is 3.00. The molecule has 1 N–H and O–H groups in total. The van der Waals surface area contributed by atoms with Crippen LogP contribution < -0.4 is 4.74 Å². The van der Waals surface area contributed by atoms with E-state index in [0.717, 1.165) is 56.5 Å². The molecule has 4 aromatic rings. The maximum absolute atomic E-state index is 13.1. The molecule has 0 bridgehead atoms. The molecule has 0 spiro atoms. The number of aromatic nitrogens is 2. The zero-order chi connectivity index (χ0) is 20.2. The molecular weight excluding hydrogens is 360 g/mol. The van der Waals surface area contributed by atoms with Crippen LogP contribution in [0.2, 0.25) is 0 Å². The second kappa shape index (κ2) is 6.45. The molecule has 4 nitrogen and oxygen atoms in total. The molecule has 1 aliphatic rings. The predicted molar refractivity (Wildman–Crippen MR) is 116 cm³/mol. The molecule has 0 radical (unpaired) electrons. The number of Topliss-reactive ketones (excluding diaryl/α,β-unsaturated/α-hetero) is 1. The SMILES string of the molecule is COc1cccc(Cc2nc3c(c4c2[nH]c2ccccc24)C(=O)CC(C)(C)C3)c1. The maximum Gasteiger partial charge on any atom is 0.165 e. The smallest absolute Gasteiger partial charge is 0.165 e. The average Bonchev–Trinajstić information content (AvgIpc) is 3.07. The average molecular weight is 384 g/mol. The van der Waals surface area contributed by atoms with Gasteiger partial charge in [0, 0.05) is 34.7 Å². The quantitative estimate of drug-likeness (QED) is 0.509. The van der Waals surface area contributed by atoms with E-state index in [-0.39, 0.29) is 11.2 Å². The number of fused-ring (bicyclic) bond motifs is 5. The van der Waals surface area contributed by atoms with Gasteiger partial charge in [-0.05, 0) is 35.6 Å². The van der Waals surface area contributed by atoms with Crippen LogP contribution in [0.1, 0.15) is 47.6 Å². The number of carbonyl (C=O) groups is 1. The van der Waals surface area contributed by atoms with Gasteiger partial charge in [-0.15, -0.1) is 0 Å². The number of carbonyl (C=O) groups excluding carboxylic acids is 1. The Kier molecular flexibility index (Phi) is 3.98. The molecule has 2 aromatic heterocycles. The van der Waals surface area contributed by atoms with Gasteiger partial charge in [0.15, 0.2) is 5.78 Å². The van der Waals surface area contributed by atoms with Crippen molar-refractivity contribution in [3.63, 3.8) is 0 Å². The highest BCUT2D eigenvalue weighted by Gasteiger charge is 2.34. The number of ketones is 1. The number of hydrogen-bond donors (Lipinski definition) is 1. The number of aromatic amines is 1. The highest BCUT2D eigenvalue weighted by Crippen LogP contribution is 2.40. The highest BCUT2D eigenvalue weighted by molar-refractivity contribution is 6.19. The Bertz CT molecular complexity index is 1270. The van der Waals surface area contributed by atoms with Crippen LogP contribution in [-0.4, -0.2) is 22.9 Å². The van der Waals surface area contributed by atoms with Crippen LogP contribution in [0.3, 0.4) is 0 Å².